The van der Waals surface area contributed by atoms with Crippen LogP contribution in [0.25, 0.3) is 0 Å². The first kappa shape index (κ1) is 17.2. The van der Waals surface area contributed by atoms with Gasteiger partial charge in [0, 0.05) is 57.4 Å². The number of halogens is 1. The summed E-state index contributed by atoms with van der Waals surface area (Å²) in [5, 5.41) is 3.26. The van der Waals surface area contributed by atoms with E-state index >= 15 is 0 Å². The van der Waals surface area contributed by atoms with E-state index < -0.39 is 0 Å². The molecule has 1 amide bonds. The van der Waals surface area contributed by atoms with E-state index in [1.807, 2.05) is 11.8 Å². The van der Waals surface area contributed by atoms with Crippen LogP contribution in [0.1, 0.15) is 24.2 Å². The first-order chi connectivity index (χ1) is 11.6. The molecule has 2 fully saturated rings. The fourth-order valence-corrected chi connectivity index (χ4v) is 3.51. The van der Waals surface area contributed by atoms with Gasteiger partial charge in [-0.2, -0.15) is 0 Å². The van der Waals surface area contributed by atoms with Crippen LogP contribution in [-0.2, 0) is 0 Å². The minimum absolute atomic E-state index is 0.0785. The van der Waals surface area contributed by atoms with Crippen LogP contribution in [0.2, 0.25) is 0 Å². The van der Waals surface area contributed by atoms with Gasteiger partial charge in [-0.1, -0.05) is 6.92 Å². The summed E-state index contributed by atoms with van der Waals surface area (Å²) in [6.07, 6.45) is 0. The van der Waals surface area contributed by atoms with Crippen molar-refractivity contribution < 1.29 is 9.18 Å². The molecular weight excluding hydrogens is 307 g/mol. The topological polar surface area (TPSA) is 38.8 Å². The molecule has 24 heavy (non-hydrogen) atoms. The van der Waals surface area contributed by atoms with E-state index in [2.05, 4.69) is 22.0 Å². The molecule has 1 atom stereocenters. The van der Waals surface area contributed by atoms with Gasteiger partial charge < -0.3 is 20.0 Å². The lowest BCUT2D eigenvalue weighted by molar-refractivity contribution is 0.0655. The molecule has 2 saturated heterocycles. The zero-order chi connectivity index (χ0) is 17.1. The number of nitrogens with one attached hydrogen (secondary N) is 1. The first-order valence-corrected chi connectivity index (χ1v) is 8.88. The van der Waals surface area contributed by atoms with E-state index in [1.165, 1.54) is 6.07 Å². The normalized spacial score (nSPS) is 22.7. The van der Waals surface area contributed by atoms with E-state index in [9.17, 15) is 9.18 Å². The van der Waals surface area contributed by atoms with Crippen molar-refractivity contribution in [3.05, 3.63) is 29.6 Å². The van der Waals surface area contributed by atoms with Crippen LogP contribution in [0.5, 0.6) is 0 Å². The summed E-state index contributed by atoms with van der Waals surface area (Å²) in [6.45, 7) is 11.0. The van der Waals surface area contributed by atoms with E-state index in [0.717, 1.165) is 45.8 Å². The Morgan fingerprint density at radius 3 is 2.62 bits per heavy atom. The van der Waals surface area contributed by atoms with Crippen molar-refractivity contribution in [2.24, 2.45) is 0 Å². The van der Waals surface area contributed by atoms with Gasteiger partial charge in [0.15, 0.2) is 0 Å². The Morgan fingerprint density at radius 1 is 1.25 bits per heavy atom. The number of likely N-dealkylation sites (N-methyl/N-ethyl adjacent to an activating group) is 1. The molecular formula is C18H27FN4O. The van der Waals surface area contributed by atoms with Crippen LogP contribution in [0, 0.1) is 5.82 Å². The van der Waals surface area contributed by atoms with Crippen LogP contribution in [0.15, 0.2) is 18.2 Å². The van der Waals surface area contributed by atoms with Crippen molar-refractivity contribution in [2.45, 2.75) is 19.9 Å². The number of benzene rings is 1. The third-order valence-electron chi connectivity index (χ3n) is 5.12. The first-order valence-electron chi connectivity index (χ1n) is 8.88. The third-order valence-corrected chi connectivity index (χ3v) is 5.12. The Hall–Kier alpha value is -1.66. The minimum Gasteiger partial charge on any atom is -0.367 e. The summed E-state index contributed by atoms with van der Waals surface area (Å²) in [7, 11) is 0. The van der Waals surface area contributed by atoms with Gasteiger partial charge in [-0.15, -0.1) is 0 Å². The lowest BCUT2D eigenvalue weighted by Gasteiger charge is -2.36. The monoisotopic (exact) mass is 334 g/mol. The molecule has 2 aliphatic rings. The smallest absolute Gasteiger partial charge is 0.254 e. The number of carbonyl (C=O) groups excluding carboxylic acids is 1. The fraction of sp³-hybridized carbons (Fsp3) is 0.611. The largest absolute Gasteiger partial charge is 0.367 e. The molecule has 0 saturated carbocycles. The number of hydrogen-bond donors (Lipinski definition) is 1. The lowest BCUT2D eigenvalue weighted by atomic mass is 10.1. The van der Waals surface area contributed by atoms with Crippen molar-refractivity contribution in [1.29, 1.82) is 0 Å². The zero-order valence-electron chi connectivity index (χ0n) is 14.6. The van der Waals surface area contributed by atoms with E-state index in [-0.39, 0.29) is 17.8 Å². The number of amides is 1. The predicted octanol–water partition coefficient (Wildman–Crippen LogP) is 1.40. The van der Waals surface area contributed by atoms with Crippen molar-refractivity contribution in [1.82, 2.24) is 15.1 Å². The molecule has 0 radical (unpaired) electrons. The van der Waals surface area contributed by atoms with Gasteiger partial charge >= 0.3 is 0 Å². The van der Waals surface area contributed by atoms with Gasteiger partial charge in [-0.25, -0.2) is 4.39 Å². The molecule has 2 aliphatic heterocycles. The van der Waals surface area contributed by atoms with E-state index in [1.54, 1.807) is 12.1 Å². The summed E-state index contributed by atoms with van der Waals surface area (Å²) in [5.74, 6) is -0.376. The fourth-order valence-electron chi connectivity index (χ4n) is 3.51. The molecule has 5 nitrogen and oxygen atoms in total. The van der Waals surface area contributed by atoms with Crippen molar-refractivity contribution in [3.63, 3.8) is 0 Å². The number of hydrogen-bond acceptors (Lipinski definition) is 4. The predicted molar refractivity (Wildman–Crippen MR) is 94.1 cm³/mol. The van der Waals surface area contributed by atoms with Crippen molar-refractivity contribution >= 4 is 11.6 Å². The SMILES string of the molecule is CCN1CCN(c2ccc(C(=O)N3CCNC[C@H]3C)cc2F)CC1. The number of nitrogens with zero attached hydrogens (tertiary/aromatic N) is 3. The van der Waals surface area contributed by atoms with Crippen molar-refractivity contribution in [2.75, 3.05) is 57.3 Å². The minimum atomic E-state index is -0.298. The highest BCUT2D eigenvalue weighted by Gasteiger charge is 2.25. The maximum absolute atomic E-state index is 14.6. The van der Waals surface area contributed by atoms with Gasteiger partial charge in [0.05, 0.1) is 5.69 Å². The highest BCUT2D eigenvalue weighted by molar-refractivity contribution is 5.95. The lowest BCUT2D eigenvalue weighted by Crippen LogP contribution is -2.52. The summed E-state index contributed by atoms with van der Waals surface area (Å²) >= 11 is 0. The Labute approximate surface area is 143 Å². The molecule has 0 aromatic heterocycles. The third kappa shape index (κ3) is 3.54. The van der Waals surface area contributed by atoms with Crippen LogP contribution in [0.3, 0.4) is 0 Å². The summed E-state index contributed by atoms with van der Waals surface area (Å²) in [6, 6.07) is 5.06. The van der Waals surface area contributed by atoms with Crippen molar-refractivity contribution in [3.8, 4) is 0 Å². The maximum atomic E-state index is 14.6. The average Bonchev–Trinajstić information content (AvgIpc) is 2.61. The van der Waals surface area contributed by atoms with Crippen LogP contribution in [-0.4, -0.2) is 74.1 Å². The molecule has 3 rings (SSSR count). The Bertz CT molecular complexity index is 586. The maximum Gasteiger partial charge on any atom is 0.254 e. The summed E-state index contributed by atoms with van der Waals surface area (Å²) in [4.78, 5) is 18.9. The molecule has 0 unspecified atom stereocenters. The Balaban J connectivity index is 1.71. The molecule has 2 heterocycles. The molecule has 0 aliphatic carbocycles. The number of piperazine rings is 2. The van der Waals surface area contributed by atoms with E-state index in [0.29, 0.717) is 17.8 Å². The van der Waals surface area contributed by atoms with Crippen LogP contribution in [0.4, 0.5) is 10.1 Å². The van der Waals surface area contributed by atoms with Crippen LogP contribution < -0.4 is 10.2 Å². The molecule has 1 N–H and O–H groups in total. The number of anilines is 1. The highest BCUT2D eigenvalue weighted by atomic mass is 19.1. The van der Waals surface area contributed by atoms with Gasteiger partial charge in [0.1, 0.15) is 5.82 Å². The Kier molecular flexibility index (Phi) is 5.36. The van der Waals surface area contributed by atoms with Gasteiger partial charge in [-0.05, 0) is 31.7 Å². The second-order valence-corrected chi connectivity index (χ2v) is 6.64. The van der Waals surface area contributed by atoms with E-state index in [4.69, 9.17) is 0 Å². The van der Waals surface area contributed by atoms with Crippen LogP contribution >= 0.6 is 0 Å². The summed E-state index contributed by atoms with van der Waals surface area (Å²) in [5.41, 5.74) is 1.05. The quantitative estimate of drug-likeness (QED) is 0.907. The van der Waals surface area contributed by atoms with Gasteiger partial charge in [0.25, 0.3) is 5.91 Å². The number of rotatable bonds is 3. The molecule has 132 valence electrons. The Morgan fingerprint density at radius 2 is 2.00 bits per heavy atom. The van der Waals surface area contributed by atoms with Gasteiger partial charge in [-0.3, -0.25) is 4.79 Å². The summed E-state index contributed by atoms with van der Waals surface area (Å²) < 4.78 is 14.6. The average molecular weight is 334 g/mol. The number of carbonyl (C=O) groups is 1. The molecule has 1 aromatic rings. The molecule has 6 heteroatoms. The second-order valence-electron chi connectivity index (χ2n) is 6.64. The molecule has 0 spiro atoms. The second kappa shape index (κ2) is 7.49. The zero-order valence-corrected chi connectivity index (χ0v) is 14.6. The standard InChI is InChI=1S/C18H27FN4O/c1-3-21-8-10-22(11-9-21)17-5-4-15(12-16(17)19)18(24)23-7-6-20-13-14(23)2/h4-5,12,14,20H,3,6-11,13H2,1-2H3/t14-/m1/s1. The molecule has 0 bridgehead atoms. The highest BCUT2D eigenvalue weighted by Crippen LogP contribution is 2.23. The van der Waals surface area contributed by atoms with Gasteiger partial charge in [0.2, 0.25) is 0 Å². The molecule has 1 aromatic carbocycles.